The van der Waals surface area contributed by atoms with Gasteiger partial charge in [-0.25, -0.2) is 9.59 Å². The van der Waals surface area contributed by atoms with Gasteiger partial charge in [-0.1, -0.05) is 6.58 Å². The predicted octanol–water partition coefficient (Wildman–Crippen LogP) is -0.645. The molecule has 5 heteroatoms. The first-order valence-electron chi connectivity index (χ1n) is 4.33. The lowest BCUT2D eigenvalue weighted by Crippen LogP contribution is -2.33. The largest absolute Gasteiger partial charge is 0.392 e. The van der Waals surface area contributed by atoms with E-state index >= 15 is 0 Å². The molecule has 78 valence electrons. The average Bonchev–Trinajstić information content (AvgIpc) is 2.51. The minimum Gasteiger partial charge on any atom is -0.392 e. The van der Waals surface area contributed by atoms with Crippen LogP contribution in [0.3, 0.4) is 0 Å². The number of rotatable bonds is 2. The van der Waals surface area contributed by atoms with Gasteiger partial charge in [-0.05, 0) is 6.92 Å². The van der Waals surface area contributed by atoms with E-state index in [4.69, 9.17) is 5.11 Å². The Morgan fingerprint density at radius 2 is 2.21 bits per heavy atom. The SMILES string of the molecule is C=C(C)C(=O)OC(=O)[C@H]1C[C@@H](O)CN1. The molecule has 1 rings (SSSR count). The number of esters is 2. The van der Waals surface area contributed by atoms with Crippen LogP contribution in [0.15, 0.2) is 12.2 Å². The molecule has 0 bridgehead atoms. The van der Waals surface area contributed by atoms with Crippen LogP contribution < -0.4 is 5.32 Å². The second kappa shape index (κ2) is 4.34. The first-order chi connectivity index (χ1) is 6.50. The fraction of sp³-hybridized carbons (Fsp3) is 0.556. The smallest absolute Gasteiger partial charge is 0.340 e. The predicted molar refractivity (Wildman–Crippen MR) is 48.3 cm³/mol. The van der Waals surface area contributed by atoms with Crippen molar-refractivity contribution in [3.8, 4) is 0 Å². The summed E-state index contributed by atoms with van der Waals surface area (Å²) in [5.74, 6) is -1.38. The van der Waals surface area contributed by atoms with Crippen LogP contribution >= 0.6 is 0 Å². The maximum Gasteiger partial charge on any atom is 0.340 e. The highest BCUT2D eigenvalue weighted by atomic mass is 16.6. The molecule has 0 saturated carbocycles. The highest BCUT2D eigenvalue weighted by molar-refractivity contribution is 5.96. The van der Waals surface area contributed by atoms with Crippen molar-refractivity contribution in [1.82, 2.24) is 5.32 Å². The Labute approximate surface area is 81.7 Å². The number of nitrogens with one attached hydrogen (secondary N) is 1. The normalized spacial score (nSPS) is 25.9. The number of aliphatic hydroxyl groups excluding tert-OH is 1. The van der Waals surface area contributed by atoms with Crippen molar-refractivity contribution in [3.05, 3.63) is 12.2 Å². The molecule has 1 saturated heterocycles. The van der Waals surface area contributed by atoms with Gasteiger partial charge in [0.25, 0.3) is 0 Å². The standard InChI is InChI=1S/C9H13NO4/c1-5(2)8(12)14-9(13)7-3-6(11)4-10-7/h6-7,10-11H,1,3-4H2,2H3/t6-,7-/m1/s1. The molecule has 0 aromatic carbocycles. The molecule has 0 spiro atoms. The number of aliphatic hydroxyl groups is 1. The first kappa shape index (κ1) is 10.9. The van der Waals surface area contributed by atoms with Crippen molar-refractivity contribution in [2.75, 3.05) is 6.54 Å². The topological polar surface area (TPSA) is 75.6 Å². The van der Waals surface area contributed by atoms with Crippen molar-refractivity contribution in [2.24, 2.45) is 0 Å². The summed E-state index contributed by atoms with van der Waals surface area (Å²) >= 11 is 0. The molecule has 0 unspecified atom stereocenters. The third-order valence-corrected chi connectivity index (χ3v) is 1.93. The molecule has 0 aromatic heterocycles. The summed E-state index contributed by atoms with van der Waals surface area (Å²) in [7, 11) is 0. The van der Waals surface area contributed by atoms with Crippen molar-refractivity contribution in [1.29, 1.82) is 0 Å². The second-order valence-corrected chi connectivity index (χ2v) is 3.34. The Hall–Kier alpha value is -1.20. The zero-order valence-electron chi connectivity index (χ0n) is 7.95. The van der Waals surface area contributed by atoms with Crippen molar-refractivity contribution in [2.45, 2.75) is 25.5 Å². The summed E-state index contributed by atoms with van der Waals surface area (Å²) in [4.78, 5) is 22.2. The molecule has 0 aliphatic carbocycles. The number of hydrogen-bond donors (Lipinski definition) is 2. The molecule has 1 fully saturated rings. The first-order valence-corrected chi connectivity index (χ1v) is 4.33. The van der Waals surface area contributed by atoms with E-state index in [0.29, 0.717) is 6.54 Å². The van der Waals surface area contributed by atoms with Crippen molar-refractivity contribution in [3.63, 3.8) is 0 Å². The number of carbonyl (C=O) groups is 2. The fourth-order valence-electron chi connectivity index (χ4n) is 1.15. The van der Waals surface area contributed by atoms with E-state index in [9.17, 15) is 9.59 Å². The summed E-state index contributed by atoms with van der Waals surface area (Å²) < 4.78 is 4.49. The molecule has 2 atom stereocenters. The average molecular weight is 199 g/mol. The zero-order chi connectivity index (χ0) is 10.7. The molecule has 1 heterocycles. The Kier molecular flexibility index (Phi) is 3.38. The van der Waals surface area contributed by atoms with Gasteiger partial charge in [0.05, 0.1) is 6.10 Å². The Bertz CT molecular complexity index is 274. The lowest BCUT2D eigenvalue weighted by atomic mass is 10.2. The monoisotopic (exact) mass is 199 g/mol. The third-order valence-electron chi connectivity index (χ3n) is 1.93. The molecule has 1 aliphatic rings. The molecular weight excluding hydrogens is 186 g/mol. The summed E-state index contributed by atoms with van der Waals surface area (Å²) in [6.07, 6.45) is -0.269. The van der Waals surface area contributed by atoms with Crippen molar-refractivity contribution < 1.29 is 19.4 Å². The minimum absolute atomic E-state index is 0.178. The van der Waals surface area contributed by atoms with Gasteiger partial charge < -0.3 is 15.2 Å². The molecule has 0 aromatic rings. The van der Waals surface area contributed by atoms with E-state index in [1.807, 2.05) is 0 Å². The third kappa shape index (κ3) is 2.65. The number of ether oxygens (including phenoxy) is 1. The van der Waals surface area contributed by atoms with Gasteiger partial charge in [-0.2, -0.15) is 0 Å². The second-order valence-electron chi connectivity index (χ2n) is 3.34. The fourth-order valence-corrected chi connectivity index (χ4v) is 1.15. The summed E-state index contributed by atoms with van der Waals surface area (Å²) in [5, 5.41) is 11.9. The van der Waals surface area contributed by atoms with E-state index < -0.39 is 24.1 Å². The van der Waals surface area contributed by atoms with Crippen LogP contribution in [0.2, 0.25) is 0 Å². The molecule has 2 N–H and O–H groups in total. The van der Waals surface area contributed by atoms with E-state index in [2.05, 4.69) is 16.6 Å². The van der Waals surface area contributed by atoms with Crippen molar-refractivity contribution >= 4 is 11.9 Å². The van der Waals surface area contributed by atoms with Gasteiger partial charge >= 0.3 is 11.9 Å². The quantitative estimate of drug-likeness (QED) is 0.351. The molecule has 0 radical (unpaired) electrons. The van der Waals surface area contributed by atoms with Gasteiger partial charge in [0.2, 0.25) is 0 Å². The van der Waals surface area contributed by atoms with Gasteiger partial charge in [-0.15, -0.1) is 0 Å². The molecule has 5 nitrogen and oxygen atoms in total. The summed E-state index contributed by atoms with van der Waals surface area (Å²) in [6, 6.07) is -0.590. The maximum atomic E-state index is 11.2. The molecule has 14 heavy (non-hydrogen) atoms. The van der Waals surface area contributed by atoms with Crippen LogP contribution in [0, 0.1) is 0 Å². The number of hydrogen-bond acceptors (Lipinski definition) is 5. The number of β-amino-alcohol motifs (C(OH)–C–C–N with tert-alkyl or cyclic N) is 1. The van der Waals surface area contributed by atoms with Gasteiger partial charge in [0.15, 0.2) is 0 Å². The van der Waals surface area contributed by atoms with E-state index in [1.54, 1.807) is 0 Å². The maximum absolute atomic E-state index is 11.2. The highest BCUT2D eigenvalue weighted by Gasteiger charge is 2.30. The van der Waals surface area contributed by atoms with E-state index in [0.717, 1.165) is 0 Å². The lowest BCUT2D eigenvalue weighted by molar-refractivity contribution is -0.158. The van der Waals surface area contributed by atoms with Crippen LogP contribution in [0.4, 0.5) is 0 Å². The molecule has 1 aliphatic heterocycles. The highest BCUT2D eigenvalue weighted by Crippen LogP contribution is 2.08. The Morgan fingerprint density at radius 1 is 1.57 bits per heavy atom. The van der Waals surface area contributed by atoms with E-state index in [-0.39, 0.29) is 12.0 Å². The van der Waals surface area contributed by atoms with Gasteiger partial charge in [-0.3, -0.25) is 0 Å². The van der Waals surface area contributed by atoms with Crippen LogP contribution in [0.25, 0.3) is 0 Å². The number of carbonyl (C=O) groups excluding carboxylic acids is 2. The zero-order valence-corrected chi connectivity index (χ0v) is 7.95. The Morgan fingerprint density at radius 3 is 2.64 bits per heavy atom. The van der Waals surface area contributed by atoms with Crippen LogP contribution in [-0.4, -0.2) is 35.7 Å². The van der Waals surface area contributed by atoms with Crippen LogP contribution in [0.5, 0.6) is 0 Å². The van der Waals surface area contributed by atoms with E-state index in [1.165, 1.54) is 6.92 Å². The van der Waals surface area contributed by atoms with Gasteiger partial charge in [0, 0.05) is 18.5 Å². The Balaban J connectivity index is 2.43. The van der Waals surface area contributed by atoms with Crippen LogP contribution in [0.1, 0.15) is 13.3 Å². The van der Waals surface area contributed by atoms with Gasteiger partial charge in [0.1, 0.15) is 6.04 Å². The molecule has 0 amide bonds. The summed E-state index contributed by atoms with van der Waals surface area (Å²) in [6.45, 7) is 5.17. The minimum atomic E-state index is -0.724. The van der Waals surface area contributed by atoms with Crippen LogP contribution in [-0.2, 0) is 14.3 Å². The lowest BCUT2D eigenvalue weighted by Gasteiger charge is -2.07. The molecular formula is C9H13NO4. The summed E-state index contributed by atoms with van der Waals surface area (Å²) in [5.41, 5.74) is 0.178.